The standard InChI is InChI=1S/C19H34O4Si/c1-9-12-21-17-10-11-19(20-8)23-18(17)13-22-24(14(2)3,15(4)5)16(6)7/h1,10-11,14-19H,12-13H2,2-8H3/t17-,18+,19-/m0/s1. The molecule has 0 N–H and O–H groups in total. The molecule has 5 heteroatoms. The molecular weight excluding hydrogens is 320 g/mol. The molecule has 0 saturated carbocycles. The van der Waals surface area contributed by atoms with Gasteiger partial charge in [-0.25, -0.2) is 0 Å². The molecule has 3 atom stereocenters. The fraction of sp³-hybridized carbons (Fsp3) is 0.789. The Morgan fingerprint density at radius 1 is 1.08 bits per heavy atom. The van der Waals surface area contributed by atoms with E-state index in [0.29, 0.717) is 23.2 Å². The van der Waals surface area contributed by atoms with E-state index < -0.39 is 8.32 Å². The second-order valence-electron chi connectivity index (χ2n) is 7.27. The smallest absolute Gasteiger partial charge is 0.200 e. The lowest BCUT2D eigenvalue weighted by Gasteiger charge is -2.43. The highest BCUT2D eigenvalue weighted by molar-refractivity contribution is 6.77. The fourth-order valence-corrected chi connectivity index (χ4v) is 9.37. The highest BCUT2D eigenvalue weighted by atomic mass is 28.4. The van der Waals surface area contributed by atoms with Crippen LogP contribution in [0.1, 0.15) is 41.5 Å². The molecule has 0 fully saturated rings. The van der Waals surface area contributed by atoms with Gasteiger partial charge < -0.3 is 18.6 Å². The summed E-state index contributed by atoms with van der Waals surface area (Å²) in [6.07, 6.45) is 8.36. The van der Waals surface area contributed by atoms with Gasteiger partial charge in [0, 0.05) is 7.11 Å². The van der Waals surface area contributed by atoms with Gasteiger partial charge in [-0.15, -0.1) is 6.42 Å². The lowest BCUT2D eigenvalue weighted by molar-refractivity contribution is -0.173. The van der Waals surface area contributed by atoms with E-state index in [1.807, 2.05) is 12.2 Å². The van der Waals surface area contributed by atoms with Crippen LogP contribution in [0.2, 0.25) is 16.6 Å². The molecule has 0 radical (unpaired) electrons. The topological polar surface area (TPSA) is 36.9 Å². The van der Waals surface area contributed by atoms with Crippen LogP contribution in [0.15, 0.2) is 12.2 Å². The second-order valence-corrected chi connectivity index (χ2v) is 12.7. The average molecular weight is 355 g/mol. The lowest BCUT2D eigenvalue weighted by atomic mass is 10.1. The zero-order valence-electron chi connectivity index (χ0n) is 16.2. The van der Waals surface area contributed by atoms with Crippen LogP contribution in [0.5, 0.6) is 0 Å². The van der Waals surface area contributed by atoms with Crippen molar-refractivity contribution in [2.45, 2.75) is 76.7 Å². The van der Waals surface area contributed by atoms with Crippen LogP contribution in [0.3, 0.4) is 0 Å². The van der Waals surface area contributed by atoms with E-state index in [9.17, 15) is 0 Å². The number of methoxy groups -OCH3 is 1. The van der Waals surface area contributed by atoms with Crippen LogP contribution in [0, 0.1) is 12.3 Å². The van der Waals surface area contributed by atoms with Crippen molar-refractivity contribution in [3.05, 3.63) is 12.2 Å². The van der Waals surface area contributed by atoms with Gasteiger partial charge in [0.25, 0.3) is 0 Å². The minimum Gasteiger partial charge on any atom is -0.413 e. The van der Waals surface area contributed by atoms with Gasteiger partial charge in [-0.2, -0.15) is 0 Å². The van der Waals surface area contributed by atoms with Gasteiger partial charge in [0.2, 0.25) is 0 Å². The summed E-state index contributed by atoms with van der Waals surface area (Å²) < 4.78 is 23.6. The Labute approximate surface area is 149 Å². The second kappa shape index (κ2) is 9.74. The molecule has 1 rings (SSSR count). The Bertz CT molecular complexity index is 417. The Hall–Kier alpha value is -0.643. The predicted octanol–water partition coefficient (Wildman–Crippen LogP) is 4.12. The molecule has 0 unspecified atom stereocenters. The van der Waals surface area contributed by atoms with Crippen molar-refractivity contribution in [1.82, 2.24) is 0 Å². The zero-order chi connectivity index (χ0) is 18.3. The SMILES string of the molecule is C#CCO[C@H]1C=C[C@@H](OC)O[C@@H]1CO[Si](C(C)C)(C(C)C)C(C)C. The molecule has 4 nitrogen and oxygen atoms in total. The third-order valence-electron chi connectivity index (χ3n) is 4.93. The van der Waals surface area contributed by atoms with E-state index in [1.165, 1.54) is 0 Å². The predicted molar refractivity (Wildman–Crippen MR) is 100 cm³/mol. The molecule has 24 heavy (non-hydrogen) atoms. The maximum absolute atomic E-state index is 6.65. The van der Waals surface area contributed by atoms with E-state index in [2.05, 4.69) is 47.5 Å². The summed E-state index contributed by atoms with van der Waals surface area (Å²) in [5, 5.41) is 0. The van der Waals surface area contributed by atoms with Crippen molar-refractivity contribution in [3.63, 3.8) is 0 Å². The van der Waals surface area contributed by atoms with Crippen molar-refractivity contribution in [3.8, 4) is 12.3 Å². The molecule has 1 heterocycles. The average Bonchev–Trinajstić information content (AvgIpc) is 2.52. The van der Waals surface area contributed by atoms with E-state index in [4.69, 9.17) is 25.1 Å². The van der Waals surface area contributed by atoms with Crippen LogP contribution < -0.4 is 0 Å². The number of hydrogen-bond donors (Lipinski definition) is 0. The molecule has 0 aromatic heterocycles. The van der Waals surface area contributed by atoms with E-state index in [1.54, 1.807) is 7.11 Å². The Morgan fingerprint density at radius 2 is 1.67 bits per heavy atom. The van der Waals surface area contributed by atoms with Gasteiger partial charge in [0.05, 0.1) is 6.61 Å². The number of rotatable bonds is 9. The van der Waals surface area contributed by atoms with Gasteiger partial charge in [0.1, 0.15) is 18.8 Å². The molecule has 138 valence electrons. The van der Waals surface area contributed by atoms with Crippen LogP contribution in [0.4, 0.5) is 0 Å². The minimum atomic E-state index is -1.95. The Balaban J connectivity index is 2.89. The number of ether oxygens (including phenoxy) is 3. The summed E-state index contributed by atoms with van der Waals surface area (Å²) in [5.74, 6) is 2.51. The molecule has 0 aliphatic carbocycles. The third-order valence-corrected chi connectivity index (χ3v) is 11.0. The summed E-state index contributed by atoms with van der Waals surface area (Å²) in [6, 6.07) is 0. The largest absolute Gasteiger partial charge is 0.413 e. The van der Waals surface area contributed by atoms with Gasteiger partial charge in [-0.05, 0) is 22.7 Å². The number of hydrogen-bond acceptors (Lipinski definition) is 4. The van der Waals surface area contributed by atoms with E-state index >= 15 is 0 Å². The highest BCUT2D eigenvalue weighted by Gasteiger charge is 2.46. The molecular formula is C19H34O4Si. The van der Waals surface area contributed by atoms with Crippen molar-refractivity contribution in [2.24, 2.45) is 0 Å². The summed E-state index contributed by atoms with van der Waals surface area (Å²) in [7, 11) is -0.315. The Kier molecular flexibility index (Phi) is 8.68. The maximum atomic E-state index is 6.65. The van der Waals surface area contributed by atoms with Crippen LogP contribution in [0.25, 0.3) is 0 Å². The molecule has 0 saturated heterocycles. The summed E-state index contributed by atoms with van der Waals surface area (Å²) in [4.78, 5) is 0. The van der Waals surface area contributed by atoms with Crippen molar-refractivity contribution >= 4 is 8.32 Å². The molecule has 0 amide bonds. The molecule has 0 bridgehead atoms. The molecule has 1 aliphatic heterocycles. The lowest BCUT2D eigenvalue weighted by Crippen LogP contribution is -2.51. The first-order chi connectivity index (χ1) is 11.3. The monoisotopic (exact) mass is 354 g/mol. The van der Waals surface area contributed by atoms with Gasteiger partial charge >= 0.3 is 0 Å². The third kappa shape index (κ3) is 4.93. The molecule has 1 aliphatic rings. The molecule has 0 aromatic rings. The van der Waals surface area contributed by atoms with Crippen molar-refractivity contribution in [1.29, 1.82) is 0 Å². The number of terminal acetylenes is 1. The van der Waals surface area contributed by atoms with Crippen molar-refractivity contribution in [2.75, 3.05) is 20.3 Å². The van der Waals surface area contributed by atoms with E-state index in [0.717, 1.165) is 0 Å². The molecule has 0 spiro atoms. The van der Waals surface area contributed by atoms with Crippen LogP contribution >= 0.6 is 0 Å². The fourth-order valence-electron chi connectivity index (χ4n) is 3.92. The van der Waals surface area contributed by atoms with Crippen molar-refractivity contribution < 1.29 is 18.6 Å². The molecule has 0 aromatic carbocycles. The maximum Gasteiger partial charge on any atom is 0.200 e. The normalized spacial score (nSPS) is 24.8. The first kappa shape index (κ1) is 21.4. The quantitative estimate of drug-likeness (QED) is 0.354. The summed E-state index contributed by atoms with van der Waals surface area (Å²) >= 11 is 0. The highest BCUT2D eigenvalue weighted by Crippen LogP contribution is 2.42. The Morgan fingerprint density at radius 3 is 2.12 bits per heavy atom. The minimum absolute atomic E-state index is 0.203. The van der Waals surface area contributed by atoms with E-state index in [-0.39, 0.29) is 25.1 Å². The first-order valence-corrected chi connectivity index (χ1v) is 11.0. The van der Waals surface area contributed by atoms with Crippen LogP contribution in [-0.4, -0.2) is 47.1 Å². The zero-order valence-corrected chi connectivity index (χ0v) is 17.2. The summed E-state index contributed by atoms with van der Waals surface area (Å²) in [5.41, 5.74) is 1.58. The van der Waals surface area contributed by atoms with Gasteiger partial charge in [-0.3, -0.25) is 0 Å². The van der Waals surface area contributed by atoms with Gasteiger partial charge in [-0.1, -0.05) is 53.5 Å². The van der Waals surface area contributed by atoms with Gasteiger partial charge in [0.15, 0.2) is 14.6 Å². The summed E-state index contributed by atoms with van der Waals surface area (Å²) in [6.45, 7) is 14.4. The first-order valence-electron chi connectivity index (χ1n) is 8.85. The van der Waals surface area contributed by atoms with Crippen LogP contribution in [-0.2, 0) is 18.6 Å².